The second kappa shape index (κ2) is 15.9. The van der Waals surface area contributed by atoms with E-state index in [-0.39, 0.29) is 6.71 Å². The van der Waals surface area contributed by atoms with E-state index in [2.05, 4.69) is 243 Å². The first kappa shape index (κ1) is 38.1. The molecule has 0 amide bonds. The molecule has 302 valence electrons. The molecule has 1 aliphatic carbocycles. The number of fused-ring (bicyclic) bond motifs is 4. The molecule has 0 fully saturated rings. The molecule has 3 aliphatic rings. The van der Waals surface area contributed by atoms with Crippen LogP contribution in [0.1, 0.15) is 6.42 Å². The van der Waals surface area contributed by atoms with Crippen molar-refractivity contribution in [1.82, 2.24) is 0 Å². The molecule has 0 saturated carbocycles. The van der Waals surface area contributed by atoms with Crippen LogP contribution in [0.25, 0.3) is 44.5 Å². The van der Waals surface area contributed by atoms with Gasteiger partial charge in [0, 0.05) is 16.6 Å². The molecule has 0 aromatic heterocycles. The summed E-state index contributed by atoms with van der Waals surface area (Å²) in [5, 5.41) is 4.24. The van der Waals surface area contributed by atoms with E-state index >= 15 is 0 Å². The molecule has 0 bridgehead atoms. The third-order valence-electron chi connectivity index (χ3n) is 13.6. The van der Waals surface area contributed by atoms with Gasteiger partial charge in [-0.1, -0.05) is 224 Å². The Morgan fingerprint density at radius 2 is 0.938 bits per heavy atom. The fraction of sp³-hybridized carbons (Fsp3) is 0.0333. The summed E-state index contributed by atoms with van der Waals surface area (Å²) in [5.74, 6) is 3.43. The van der Waals surface area contributed by atoms with Crippen LogP contribution in [0.2, 0.25) is 5.54 Å². The first-order valence-corrected chi connectivity index (χ1v) is 24.4. The quantitative estimate of drug-likeness (QED) is 0.112. The second-order valence-electron chi connectivity index (χ2n) is 17.0. The molecule has 9 aromatic carbocycles. The zero-order valence-electron chi connectivity index (χ0n) is 35.3. The van der Waals surface area contributed by atoms with Gasteiger partial charge in [-0.25, -0.2) is 0 Å². The lowest BCUT2D eigenvalue weighted by molar-refractivity contribution is 0.467. The highest BCUT2D eigenvalue weighted by atomic mass is 28.3. The van der Waals surface area contributed by atoms with E-state index in [1.807, 2.05) is 0 Å². The fourth-order valence-electron chi connectivity index (χ4n) is 10.7. The Kier molecular flexibility index (Phi) is 9.46. The van der Waals surface area contributed by atoms with E-state index in [1.165, 1.54) is 21.1 Å². The van der Waals surface area contributed by atoms with Crippen LogP contribution >= 0.6 is 0 Å². The Morgan fingerprint density at radius 1 is 0.391 bits per heavy atom. The highest BCUT2D eigenvalue weighted by molar-refractivity contribution is 7.12. The molecule has 2 aliphatic heterocycles. The SMILES string of the molecule is C1=CCC([Si](c2ccccc2)(c2ccccc2)c2cccc(-c3ccc4c(c3)B3c5ccccc5Oc5c(-c6ccccc6-c6ccccc6)cc(-c6ccccc6)c(c53)O4)c2)C=C1. The molecular weight excluding hydrogens is 792 g/mol. The van der Waals surface area contributed by atoms with Crippen molar-refractivity contribution < 1.29 is 9.47 Å². The van der Waals surface area contributed by atoms with Gasteiger partial charge in [0.05, 0.1) is 0 Å². The minimum absolute atomic E-state index is 0.130. The summed E-state index contributed by atoms with van der Waals surface area (Å²) in [5.41, 5.74) is 12.7. The number of para-hydroxylation sites is 1. The average Bonchev–Trinajstić information content (AvgIpc) is 3.38. The van der Waals surface area contributed by atoms with E-state index in [1.54, 1.807) is 0 Å². The normalized spacial score (nSPS) is 14.4. The third kappa shape index (κ3) is 6.25. The van der Waals surface area contributed by atoms with Crippen molar-refractivity contribution in [3.05, 3.63) is 243 Å². The van der Waals surface area contributed by atoms with E-state index in [4.69, 9.17) is 9.47 Å². The number of allylic oxidation sites excluding steroid dienone is 4. The monoisotopic (exact) mass is 834 g/mol. The summed E-state index contributed by atoms with van der Waals surface area (Å²) in [6.07, 6.45) is 10.3. The molecule has 4 heteroatoms. The maximum Gasteiger partial charge on any atom is 0.260 e. The minimum Gasteiger partial charge on any atom is -0.458 e. The molecular formula is C60H43BO2Si. The maximum atomic E-state index is 7.21. The molecule has 1 unspecified atom stereocenters. The Hall–Kier alpha value is -7.66. The molecule has 0 N–H and O–H groups in total. The summed E-state index contributed by atoms with van der Waals surface area (Å²) < 4.78 is 14.3. The minimum atomic E-state index is -2.62. The van der Waals surface area contributed by atoms with Crippen molar-refractivity contribution in [2.24, 2.45) is 0 Å². The van der Waals surface area contributed by atoms with Crippen LogP contribution < -0.4 is 41.4 Å². The molecule has 64 heavy (non-hydrogen) atoms. The maximum absolute atomic E-state index is 7.21. The molecule has 0 saturated heterocycles. The number of rotatable bonds is 8. The first-order valence-electron chi connectivity index (χ1n) is 22.3. The van der Waals surface area contributed by atoms with Gasteiger partial charge in [-0.2, -0.15) is 0 Å². The van der Waals surface area contributed by atoms with Gasteiger partial charge in [-0.3, -0.25) is 0 Å². The lowest BCUT2D eigenvalue weighted by Crippen LogP contribution is -2.69. The van der Waals surface area contributed by atoms with E-state index < -0.39 is 8.07 Å². The Morgan fingerprint density at radius 3 is 1.62 bits per heavy atom. The Bertz CT molecular complexity index is 3210. The first-order chi connectivity index (χ1) is 31.8. The van der Waals surface area contributed by atoms with Crippen molar-refractivity contribution in [2.75, 3.05) is 0 Å². The van der Waals surface area contributed by atoms with Gasteiger partial charge in [-0.15, -0.1) is 0 Å². The molecule has 0 spiro atoms. The van der Waals surface area contributed by atoms with Crippen molar-refractivity contribution in [2.45, 2.75) is 12.0 Å². The zero-order chi connectivity index (χ0) is 42.5. The number of ether oxygens (including phenoxy) is 2. The predicted molar refractivity (Wildman–Crippen MR) is 270 cm³/mol. The molecule has 2 nitrogen and oxygen atoms in total. The smallest absolute Gasteiger partial charge is 0.260 e. The fourth-order valence-corrected chi connectivity index (χ4v) is 16.1. The summed E-state index contributed by atoms with van der Waals surface area (Å²) in [7, 11) is -2.62. The van der Waals surface area contributed by atoms with E-state index in [0.29, 0.717) is 5.54 Å². The Balaban J connectivity index is 1.07. The zero-order valence-corrected chi connectivity index (χ0v) is 36.3. The number of hydrogen-bond acceptors (Lipinski definition) is 2. The van der Waals surface area contributed by atoms with Crippen LogP contribution in [0, 0.1) is 0 Å². The summed E-state index contributed by atoms with van der Waals surface area (Å²) in [4.78, 5) is 0. The third-order valence-corrected chi connectivity index (χ3v) is 18.8. The van der Waals surface area contributed by atoms with Crippen LogP contribution in [-0.2, 0) is 0 Å². The Labute approximate surface area is 376 Å². The lowest BCUT2D eigenvalue weighted by Gasteiger charge is -2.40. The lowest BCUT2D eigenvalue weighted by atomic mass is 9.34. The molecule has 1 atom stereocenters. The standard InChI is InChI=1S/C60H43BO2Si/c1-6-21-42(22-7-1)50-33-16-17-34-51(50)53-41-52(43-23-8-2-9-24-43)59-58-60(53)62-56-36-19-18-35-54(56)61(58)55-40-45(37-38-57(55)63-59)44-25-20-32-49(39-44)64(46-26-10-3-11-27-46,47-28-12-4-13-29-47)48-30-14-5-15-31-48/h1-30,32-41,48H,31H2. The van der Waals surface area contributed by atoms with Crippen LogP contribution in [0.15, 0.2) is 243 Å². The van der Waals surface area contributed by atoms with Crippen molar-refractivity contribution >= 4 is 46.7 Å². The molecule has 12 rings (SSSR count). The highest BCUT2D eigenvalue weighted by Gasteiger charge is 2.46. The van der Waals surface area contributed by atoms with Gasteiger partial charge in [0.15, 0.2) is 8.07 Å². The van der Waals surface area contributed by atoms with Crippen LogP contribution in [-0.4, -0.2) is 14.8 Å². The summed E-state index contributed by atoms with van der Waals surface area (Å²) in [6, 6.07) is 79.7. The van der Waals surface area contributed by atoms with Gasteiger partial charge in [-0.05, 0) is 90.0 Å². The molecule has 0 radical (unpaired) electrons. The van der Waals surface area contributed by atoms with Gasteiger partial charge in [0.2, 0.25) is 0 Å². The van der Waals surface area contributed by atoms with E-state index in [9.17, 15) is 0 Å². The molecule has 2 heterocycles. The summed E-state index contributed by atoms with van der Waals surface area (Å²) >= 11 is 0. The van der Waals surface area contributed by atoms with Crippen molar-refractivity contribution in [3.63, 3.8) is 0 Å². The predicted octanol–water partition coefficient (Wildman–Crippen LogP) is 11.4. The summed E-state index contributed by atoms with van der Waals surface area (Å²) in [6.45, 7) is -0.130. The van der Waals surface area contributed by atoms with Crippen molar-refractivity contribution in [3.8, 4) is 67.5 Å². The van der Waals surface area contributed by atoms with Crippen LogP contribution in [0.4, 0.5) is 0 Å². The van der Waals surface area contributed by atoms with Gasteiger partial charge >= 0.3 is 0 Å². The largest absolute Gasteiger partial charge is 0.458 e. The van der Waals surface area contributed by atoms with Gasteiger partial charge < -0.3 is 9.47 Å². The van der Waals surface area contributed by atoms with Gasteiger partial charge in [0.25, 0.3) is 6.71 Å². The average molecular weight is 835 g/mol. The highest BCUT2D eigenvalue weighted by Crippen LogP contribution is 2.48. The number of hydrogen-bond donors (Lipinski definition) is 0. The van der Waals surface area contributed by atoms with Gasteiger partial charge in [0.1, 0.15) is 23.0 Å². The van der Waals surface area contributed by atoms with Crippen LogP contribution in [0.3, 0.4) is 0 Å². The van der Waals surface area contributed by atoms with E-state index in [0.717, 1.165) is 84.8 Å². The second-order valence-corrected chi connectivity index (χ2v) is 21.1. The molecule has 9 aromatic rings. The van der Waals surface area contributed by atoms with Crippen LogP contribution in [0.5, 0.6) is 23.0 Å². The number of benzene rings is 9. The van der Waals surface area contributed by atoms with Crippen molar-refractivity contribution in [1.29, 1.82) is 0 Å². The topological polar surface area (TPSA) is 18.5 Å².